The molecular weight excluding hydrogens is 316 g/mol. The molecule has 1 saturated heterocycles. The van der Waals surface area contributed by atoms with Crippen molar-refractivity contribution in [1.29, 1.82) is 0 Å². The first-order valence-corrected chi connectivity index (χ1v) is 10.2. The van der Waals surface area contributed by atoms with Crippen molar-refractivity contribution in [3.63, 3.8) is 0 Å². The molecule has 1 atom stereocenters. The van der Waals surface area contributed by atoms with E-state index < -0.39 is 0 Å². The molecule has 0 aliphatic carbocycles. The Kier molecular flexibility index (Phi) is 5.40. The number of benzene rings is 2. The van der Waals surface area contributed by atoms with E-state index in [4.69, 9.17) is 0 Å². The van der Waals surface area contributed by atoms with Gasteiger partial charge in [-0.25, -0.2) is 0 Å². The van der Waals surface area contributed by atoms with Gasteiger partial charge in [-0.2, -0.15) is 0 Å². The number of piperidine rings is 1. The third kappa shape index (κ3) is 3.71. The van der Waals surface area contributed by atoms with Crippen LogP contribution in [0.15, 0.2) is 42.5 Å². The molecule has 136 valence electrons. The largest absolute Gasteiger partial charge is 0.344 e. The average molecular weight is 347 g/mol. The molecule has 2 aliphatic heterocycles. The summed E-state index contributed by atoms with van der Waals surface area (Å²) >= 11 is 0. The van der Waals surface area contributed by atoms with Gasteiger partial charge in [0.25, 0.3) is 0 Å². The summed E-state index contributed by atoms with van der Waals surface area (Å²) in [6.45, 7) is 5.52. The third-order valence-corrected chi connectivity index (χ3v) is 5.81. The van der Waals surface area contributed by atoms with Crippen LogP contribution in [0.3, 0.4) is 0 Å². The summed E-state index contributed by atoms with van der Waals surface area (Å²) in [6, 6.07) is 16.0. The molecule has 26 heavy (non-hydrogen) atoms. The second-order valence-corrected chi connectivity index (χ2v) is 7.64. The number of fused-ring (bicyclic) bond motifs is 1. The topological polar surface area (TPSA) is 15.3 Å². The fourth-order valence-electron chi connectivity index (χ4n) is 4.24. The van der Waals surface area contributed by atoms with Crippen molar-refractivity contribution in [2.75, 3.05) is 24.5 Å². The molecule has 2 nitrogen and oxygen atoms in total. The van der Waals surface area contributed by atoms with Gasteiger partial charge in [-0.3, -0.25) is 0 Å². The Hall–Kier alpha value is -2.06. The van der Waals surface area contributed by atoms with Crippen molar-refractivity contribution in [2.45, 2.75) is 44.9 Å². The molecule has 2 heterocycles. The van der Waals surface area contributed by atoms with E-state index in [1.165, 1.54) is 65.9 Å². The van der Waals surface area contributed by atoms with Crippen LogP contribution in [-0.2, 0) is 6.42 Å². The summed E-state index contributed by atoms with van der Waals surface area (Å²) in [4.78, 5) is 2.37. The van der Waals surface area contributed by atoms with E-state index in [2.05, 4.69) is 71.9 Å². The molecule has 2 aromatic carbocycles. The summed E-state index contributed by atoms with van der Waals surface area (Å²) in [5.41, 5.74) is 4.27. The van der Waals surface area contributed by atoms with Crippen molar-refractivity contribution in [2.24, 2.45) is 0 Å². The van der Waals surface area contributed by atoms with Gasteiger partial charge in [0.1, 0.15) is 0 Å². The van der Waals surface area contributed by atoms with E-state index >= 15 is 0 Å². The maximum absolute atomic E-state index is 3.52. The van der Waals surface area contributed by atoms with Crippen molar-refractivity contribution >= 4 is 18.0 Å². The summed E-state index contributed by atoms with van der Waals surface area (Å²) in [5, 5.41) is 6.32. The fourth-order valence-corrected chi connectivity index (χ4v) is 4.24. The molecule has 2 heteroatoms. The number of unbranched alkanes of at least 4 members (excludes halogenated alkanes) is 1. The first kappa shape index (κ1) is 17.4. The number of rotatable bonds is 5. The van der Waals surface area contributed by atoms with Gasteiger partial charge in [-0.15, -0.1) is 0 Å². The SMILES string of the molecule is CCCCc1cccc2c1=CCN(c1ccc([C@@H]3CCCNC3)cc1)C=2. The normalized spacial score (nSPS) is 19.4. The second kappa shape index (κ2) is 8.09. The van der Waals surface area contributed by atoms with Crippen LogP contribution in [0.4, 0.5) is 5.69 Å². The molecule has 0 bridgehead atoms. The van der Waals surface area contributed by atoms with Gasteiger partial charge in [0, 0.05) is 25.0 Å². The molecule has 0 aromatic heterocycles. The van der Waals surface area contributed by atoms with Crippen molar-refractivity contribution in [1.82, 2.24) is 5.32 Å². The first-order valence-electron chi connectivity index (χ1n) is 10.2. The Labute approximate surface area is 157 Å². The summed E-state index contributed by atoms with van der Waals surface area (Å²) < 4.78 is 0. The Morgan fingerprint density at radius 1 is 1.12 bits per heavy atom. The Bertz CT molecular complexity index is 845. The highest BCUT2D eigenvalue weighted by Crippen LogP contribution is 2.25. The van der Waals surface area contributed by atoms with Crippen LogP contribution < -0.4 is 20.7 Å². The second-order valence-electron chi connectivity index (χ2n) is 7.64. The number of nitrogens with one attached hydrogen (secondary N) is 1. The van der Waals surface area contributed by atoms with Crippen LogP contribution in [0, 0.1) is 0 Å². The highest BCUT2D eigenvalue weighted by molar-refractivity contribution is 5.64. The van der Waals surface area contributed by atoms with Crippen molar-refractivity contribution in [3.05, 3.63) is 64.0 Å². The molecule has 2 aliphatic rings. The Morgan fingerprint density at radius 3 is 2.77 bits per heavy atom. The Balaban J connectivity index is 1.55. The number of nitrogens with zero attached hydrogens (tertiary/aromatic N) is 1. The van der Waals surface area contributed by atoms with Gasteiger partial charge in [0.15, 0.2) is 0 Å². The van der Waals surface area contributed by atoms with Crippen molar-refractivity contribution < 1.29 is 0 Å². The monoisotopic (exact) mass is 346 g/mol. The molecule has 2 aromatic rings. The lowest BCUT2D eigenvalue weighted by atomic mass is 9.91. The minimum absolute atomic E-state index is 0.677. The predicted molar refractivity (Wildman–Crippen MR) is 112 cm³/mol. The van der Waals surface area contributed by atoms with Gasteiger partial charge in [-0.1, -0.05) is 49.8 Å². The van der Waals surface area contributed by atoms with E-state index in [9.17, 15) is 0 Å². The average Bonchev–Trinajstić information content (AvgIpc) is 2.72. The maximum atomic E-state index is 3.52. The lowest BCUT2D eigenvalue weighted by Crippen LogP contribution is -2.37. The number of anilines is 1. The zero-order valence-electron chi connectivity index (χ0n) is 15.9. The molecular formula is C24H30N2. The lowest BCUT2D eigenvalue weighted by molar-refractivity contribution is 0.461. The molecule has 0 amide bonds. The first-order chi connectivity index (χ1) is 12.8. The van der Waals surface area contributed by atoms with Crippen LogP contribution in [0.25, 0.3) is 12.3 Å². The molecule has 0 spiro atoms. The maximum Gasteiger partial charge on any atom is 0.0415 e. The van der Waals surface area contributed by atoms with Crippen molar-refractivity contribution in [3.8, 4) is 0 Å². The number of hydrogen-bond acceptors (Lipinski definition) is 2. The summed E-state index contributed by atoms with van der Waals surface area (Å²) in [5.74, 6) is 0.677. The van der Waals surface area contributed by atoms with E-state index in [0.717, 1.165) is 13.1 Å². The predicted octanol–water partition coefficient (Wildman–Crippen LogP) is 3.53. The summed E-state index contributed by atoms with van der Waals surface area (Å²) in [6.07, 6.45) is 11.0. The van der Waals surface area contributed by atoms with Crippen LogP contribution >= 0.6 is 0 Å². The minimum atomic E-state index is 0.677. The van der Waals surface area contributed by atoms with Gasteiger partial charge >= 0.3 is 0 Å². The molecule has 1 N–H and O–H groups in total. The molecule has 0 unspecified atom stereocenters. The zero-order valence-corrected chi connectivity index (χ0v) is 15.9. The van der Waals surface area contributed by atoms with E-state index in [1.807, 2.05) is 0 Å². The molecule has 1 fully saturated rings. The van der Waals surface area contributed by atoms with E-state index in [-0.39, 0.29) is 0 Å². The smallest absolute Gasteiger partial charge is 0.0415 e. The standard InChI is InChI=1S/C24H30N2/c1-2-3-6-20-7-4-8-22-18-26(16-14-24(20)22)23-12-10-19(11-13-23)21-9-5-15-25-17-21/h4,7-8,10-14,18,21,25H,2-3,5-6,9,15-17H2,1H3/t21-/m1/s1. The summed E-state index contributed by atoms with van der Waals surface area (Å²) in [7, 11) is 0. The van der Waals surface area contributed by atoms with Crippen LogP contribution in [0.2, 0.25) is 0 Å². The quantitative estimate of drug-likeness (QED) is 0.891. The number of aryl methyl sites for hydroxylation is 1. The molecule has 0 saturated carbocycles. The van der Waals surface area contributed by atoms with Gasteiger partial charge in [0.05, 0.1) is 0 Å². The van der Waals surface area contributed by atoms with Crippen LogP contribution in [0.5, 0.6) is 0 Å². The fraction of sp³-hybridized carbons (Fsp3) is 0.417. The number of hydrogen-bond donors (Lipinski definition) is 1. The molecule has 0 radical (unpaired) electrons. The van der Waals surface area contributed by atoms with Crippen LogP contribution in [-0.4, -0.2) is 19.6 Å². The van der Waals surface area contributed by atoms with E-state index in [1.54, 1.807) is 0 Å². The van der Waals surface area contributed by atoms with Crippen LogP contribution in [0.1, 0.15) is 49.7 Å². The zero-order chi connectivity index (χ0) is 17.8. The molecule has 4 rings (SSSR count). The van der Waals surface area contributed by atoms with Gasteiger partial charge < -0.3 is 10.2 Å². The third-order valence-electron chi connectivity index (χ3n) is 5.81. The van der Waals surface area contributed by atoms with Gasteiger partial charge in [-0.05, 0) is 71.8 Å². The van der Waals surface area contributed by atoms with Gasteiger partial charge in [0.2, 0.25) is 0 Å². The minimum Gasteiger partial charge on any atom is -0.344 e. The Morgan fingerprint density at radius 2 is 2.00 bits per heavy atom. The lowest BCUT2D eigenvalue weighted by Gasteiger charge is -2.25. The van der Waals surface area contributed by atoms with E-state index in [0.29, 0.717) is 5.92 Å². The highest BCUT2D eigenvalue weighted by Gasteiger charge is 2.15. The highest BCUT2D eigenvalue weighted by atomic mass is 15.1.